The van der Waals surface area contributed by atoms with Crippen LogP contribution in [0.4, 0.5) is 16.2 Å². The van der Waals surface area contributed by atoms with Crippen molar-refractivity contribution >= 4 is 40.8 Å². The number of rotatable bonds is 5. The van der Waals surface area contributed by atoms with Gasteiger partial charge in [-0.1, -0.05) is 23.7 Å². The van der Waals surface area contributed by atoms with Gasteiger partial charge in [0.15, 0.2) is 11.5 Å². The summed E-state index contributed by atoms with van der Waals surface area (Å²) in [7, 11) is 2.92. The molecule has 2 N–H and O–H groups in total. The zero-order valence-electron chi connectivity index (χ0n) is 15.2. The number of nitrogens with zero attached hydrogens (tertiary/aromatic N) is 1. The third-order valence-electron chi connectivity index (χ3n) is 4.25. The van der Waals surface area contributed by atoms with Gasteiger partial charge in [0.05, 0.1) is 30.6 Å². The highest BCUT2D eigenvalue weighted by molar-refractivity contribution is 6.34. The van der Waals surface area contributed by atoms with E-state index in [1.54, 1.807) is 30.3 Å². The molecule has 0 bridgehead atoms. The van der Waals surface area contributed by atoms with Crippen LogP contribution < -0.4 is 25.0 Å². The summed E-state index contributed by atoms with van der Waals surface area (Å²) in [6.07, 6.45) is 0. The Kier molecular flexibility index (Phi) is 5.70. The van der Waals surface area contributed by atoms with Gasteiger partial charge >= 0.3 is 6.03 Å². The predicted octanol–water partition coefficient (Wildman–Crippen LogP) is 2.67. The highest BCUT2D eigenvalue weighted by Gasteiger charge is 2.40. The quantitative estimate of drug-likeness (QED) is 0.748. The number of halogens is 1. The molecular weight excluding hydrogens is 386 g/mol. The first-order chi connectivity index (χ1) is 13.5. The number of benzene rings is 2. The molecule has 1 aliphatic rings. The molecule has 1 aliphatic heterocycles. The van der Waals surface area contributed by atoms with E-state index < -0.39 is 23.8 Å². The van der Waals surface area contributed by atoms with Gasteiger partial charge in [0.2, 0.25) is 11.8 Å². The minimum atomic E-state index is -1.11. The van der Waals surface area contributed by atoms with Gasteiger partial charge < -0.3 is 20.1 Å². The number of hydrogen-bond acceptors (Lipinski definition) is 5. The second kappa shape index (κ2) is 8.18. The number of nitrogens with one attached hydrogen (secondary N) is 2. The molecule has 9 heteroatoms. The van der Waals surface area contributed by atoms with Gasteiger partial charge in [-0.3, -0.25) is 9.59 Å². The molecule has 146 valence electrons. The highest BCUT2D eigenvalue weighted by Crippen LogP contribution is 2.33. The van der Waals surface area contributed by atoms with Crippen LogP contribution in [0.15, 0.2) is 42.5 Å². The van der Waals surface area contributed by atoms with Crippen LogP contribution in [-0.2, 0) is 9.59 Å². The second-order valence-corrected chi connectivity index (χ2v) is 6.33. The molecule has 0 aliphatic carbocycles. The Labute approximate surface area is 166 Å². The van der Waals surface area contributed by atoms with Gasteiger partial charge in [-0.05, 0) is 24.3 Å². The summed E-state index contributed by atoms with van der Waals surface area (Å²) in [6.45, 7) is -0.113. The van der Waals surface area contributed by atoms with Crippen molar-refractivity contribution in [1.29, 1.82) is 0 Å². The summed E-state index contributed by atoms with van der Waals surface area (Å²) in [5, 5.41) is 5.53. The van der Waals surface area contributed by atoms with Crippen LogP contribution in [0.25, 0.3) is 0 Å². The van der Waals surface area contributed by atoms with E-state index in [4.69, 9.17) is 21.1 Å². The molecule has 4 amide bonds. The lowest BCUT2D eigenvalue weighted by Gasteiger charge is -2.31. The Morgan fingerprint density at radius 1 is 1.14 bits per heavy atom. The SMILES string of the molecule is COc1ccc(N2C(=O)NCC(C(=O)Nc3ccccc3Cl)C2=O)cc1OC. The van der Waals surface area contributed by atoms with Crippen LogP contribution in [0.1, 0.15) is 0 Å². The summed E-state index contributed by atoms with van der Waals surface area (Å²) in [6, 6.07) is 10.7. The summed E-state index contributed by atoms with van der Waals surface area (Å²) < 4.78 is 10.4. The van der Waals surface area contributed by atoms with Crippen molar-refractivity contribution in [3.05, 3.63) is 47.5 Å². The second-order valence-electron chi connectivity index (χ2n) is 5.92. The van der Waals surface area contributed by atoms with Crippen LogP contribution in [-0.4, -0.2) is 38.6 Å². The lowest BCUT2D eigenvalue weighted by atomic mass is 10.0. The predicted molar refractivity (Wildman–Crippen MR) is 104 cm³/mol. The molecule has 3 rings (SSSR count). The fraction of sp³-hybridized carbons (Fsp3) is 0.211. The van der Waals surface area contributed by atoms with Gasteiger partial charge in [-0.25, -0.2) is 9.69 Å². The van der Waals surface area contributed by atoms with Gasteiger partial charge in [0, 0.05) is 12.6 Å². The molecule has 2 aromatic rings. The molecular formula is C19H18ClN3O5. The molecule has 1 fully saturated rings. The van der Waals surface area contributed by atoms with E-state index in [9.17, 15) is 14.4 Å². The minimum Gasteiger partial charge on any atom is -0.493 e. The molecule has 0 spiro atoms. The molecule has 0 saturated carbocycles. The van der Waals surface area contributed by atoms with Crippen molar-refractivity contribution < 1.29 is 23.9 Å². The molecule has 28 heavy (non-hydrogen) atoms. The molecule has 1 heterocycles. The maximum absolute atomic E-state index is 12.9. The topological polar surface area (TPSA) is 97.0 Å². The third kappa shape index (κ3) is 3.72. The Morgan fingerprint density at radius 3 is 2.54 bits per heavy atom. The van der Waals surface area contributed by atoms with E-state index in [1.807, 2.05) is 0 Å². The summed E-state index contributed by atoms with van der Waals surface area (Å²) in [4.78, 5) is 38.7. The molecule has 1 saturated heterocycles. The number of amides is 4. The van der Waals surface area contributed by atoms with E-state index in [0.29, 0.717) is 22.2 Å². The van der Waals surface area contributed by atoms with Crippen molar-refractivity contribution in [2.75, 3.05) is 31.0 Å². The first-order valence-electron chi connectivity index (χ1n) is 8.35. The Balaban J connectivity index is 1.86. The summed E-state index contributed by atoms with van der Waals surface area (Å²) in [5.41, 5.74) is 0.645. The van der Waals surface area contributed by atoms with Crippen LogP contribution in [0.2, 0.25) is 5.02 Å². The lowest BCUT2D eigenvalue weighted by molar-refractivity contribution is -0.130. The standard InChI is InChI=1S/C19H18ClN3O5/c1-27-15-8-7-11(9-16(15)28-2)23-18(25)12(10-21-19(23)26)17(24)22-14-6-4-3-5-13(14)20/h3-9,12H,10H2,1-2H3,(H,21,26)(H,22,24). The number of carbonyl (C=O) groups is 3. The fourth-order valence-electron chi connectivity index (χ4n) is 2.81. The van der Waals surface area contributed by atoms with Crippen LogP contribution >= 0.6 is 11.6 Å². The number of ether oxygens (including phenoxy) is 2. The van der Waals surface area contributed by atoms with Crippen molar-refractivity contribution in [3.8, 4) is 11.5 Å². The number of carbonyl (C=O) groups excluding carboxylic acids is 3. The first kappa shape index (κ1) is 19.5. The molecule has 0 radical (unpaired) electrons. The summed E-state index contributed by atoms with van der Waals surface area (Å²) >= 11 is 6.05. The van der Waals surface area contributed by atoms with Gasteiger partial charge in [-0.15, -0.1) is 0 Å². The Hall–Kier alpha value is -3.26. The lowest BCUT2D eigenvalue weighted by Crippen LogP contribution is -2.58. The zero-order chi connectivity index (χ0) is 20.3. The first-order valence-corrected chi connectivity index (χ1v) is 8.73. The molecule has 1 unspecified atom stereocenters. The summed E-state index contributed by atoms with van der Waals surface area (Å²) in [5.74, 6) is -1.53. The average Bonchev–Trinajstić information content (AvgIpc) is 2.69. The van der Waals surface area contributed by atoms with E-state index in [0.717, 1.165) is 4.90 Å². The molecule has 0 aromatic heterocycles. The Morgan fingerprint density at radius 2 is 1.86 bits per heavy atom. The van der Waals surface area contributed by atoms with E-state index >= 15 is 0 Å². The van der Waals surface area contributed by atoms with Gasteiger partial charge in [-0.2, -0.15) is 0 Å². The molecule has 8 nitrogen and oxygen atoms in total. The Bertz CT molecular complexity index is 934. The van der Waals surface area contributed by atoms with Gasteiger partial charge in [0.1, 0.15) is 5.92 Å². The third-order valence-corrected chi connectivity index (χ3v) is 4.58. The largest absolute Gasteiger partial charge is 0.493 e. The average molecular weight is 404 g/mol. The number of para-hydroxylation sites is 1. The monoisotopic (exact) mass is 403 g/mol. The fourth-order valence-corrected chi connectivity index (χ4v) is 2.99. The van der Waals surface area contributed by atoms with Crippen molar-refractivity contribution in [2.24, 2.45) is 5.92 Å². The normalized spacial score (nSPS) is 16.4. The van der Waals surface area contributed by atoms with Crippen LogP contribution in [0, 0.1) is 5.92 Å². The number of anilines is 2. The van der Waals surface area contributed by atoms with Crippen LogP contribution in [0.3, 0.4) is 0 Å². The number of urea groups is 1. The maximum atomic E-state index is 12.9. The van der Waals surface area contributed by atoms with Crippen molar-refractivity contribution in [1.82, 2.24) is 5.32 Å². The van der Waals surface area contributed by atoms with Crippen molar-refractivity contribution in [3.63, 3.8) is 0 Å². The maximum Gasteiger partial charge on any atom is 0.328 e. The number of methoxy groups -OCH3 is 2. The smallest absolute Gasteiger partial charge is 0.328 e. The van der Waals surface area contributed by atoms with E-state index in [-0.39, 0.29) is 12.2 Å². The number of imide groups is 1. The van der Waals surface area contributed by atoms with Gasteiger partial charge in [0.25, 0.3) is 0 Å². The zero-order valence-corrected chi connectivity index (χ0v) is 15.9. The number of hydrogen-bond donors (Lipinski definition) is 2. The highest BCUT2D eigenvalue weighted by atomic mass is 35.5. The minimum absolute atomic E-state index is 0.113. The van der Waals surface area contributed by atoms with E-state index in [1.165, 1.54) is 26.4 Å². The van der Waals surface area contributed by atoms with Crippen LogP contribution in [0.5, 0.6) is 11.5 Å². The van der Waals surface area contributed by atoms with E-state index in [2.05, 4.69) is 10.6 Å². The van der Waals surface area contributed by atoms with Crippen molar-refractivity contribution in [2.45, 2.75) is 0 Å². The molecule has 2 aromatic carbocycles. The molecule has 1 atom stereocenters.